The van der Waals surface area contributed by atoms with E-state index in [0.29, 0.717) is 5.12 Å². The number of hydrazine groups is 1. The maximum Gasteiger partial charge on any atom is 0.225 e. The van der Waals surface area contributed by atoms with Crippen molar-refractivity contribution < 1.29 is 0 Å². The lowest BCUT2D eigenvalue weighted by molar-refractivity contribution is 0.465. The number of nitrogens with two attached hydrogens (primary N) is 2. The van der Waals surface area contributed by atoms with Gasteiger partial charge in [0, 0.05) is 0 Å². The summed E-state index contributed by atoms with van der Waals surface area (Å²) in [6, 6.07) is 0. The highest BCUT2D eigenvalue weighted by atomic mass is 32.1. The zero-order valence-corrected chi connectivity index (χ0v) is 4.77. The summed E-state index contributed by atoms with van der Waals surface area (Å²) in [6.45, 7) is 0. The summed E-state index contributed by atoms with van der Waals surface area (Å²) in [6.07, 6.45) is 0. The second kappa shape index (κ2) is 3.09. The Kier molecular flexibility index (Phi) is 2.71. The molecular weight excluding hydrogens is 126 g/mol. The summed E-state index contributed by atoms with van der Waals surface area (Å²) < 4.78 is 0. The molecule has 0 aromatic heterocycles. The standard InChI is InChI=1S/C2H5N5S/c3-2(4)7(5)6-1-8/h5H2,(H3,3,4). The molecule has 0 saturated heterocycles. The van der Waals surface area contributed by atoms with E-state index in [-0.39, 0.29) is 5.96 Å². The van der Waals surface area contributed by atoms with Crippen molar-refractivity contribution in [2.45, 2.75) is 0 Å². The number of thiocarbonyl (C=S) groups is 1. The predicted molar refractivity (Wildman–Crippen MR) is 33.0 cm³/mol. The minimum absolute atomic E-state index is 0.373. The molecule has 0 amide bonds. The molecule has 0 heterocycles. The van der Waals surface area contributed by atoms with Gasteiger partial charge in [0.1, 0.15) is 0 Å². The van der Waals surface area contributed by atoms with E-state index >= 15 is 0 Å². The molecular formula is C2H5N5S. The summed E-state index contributed by atoms with van der Waals surface area (Å²) >= 11 is 4.16. The first-order chi connectivity index (χ1) is 3.68. The Bertz CT molecular complexity index is 133. The van der Waals surface area contributed by atoms with Crippen LogP contribution in [-0.4, -0.2) is 16.2 Å². The van der Waals surface area contributed by atoms with Crippen LogP contribution in [0.4, 0.5) is 0 Å². The first kappa shape index (κ1) is 7.03. The highest BCUT2D eigenvalue weighted by Crippen LogP contribution is 1.69. The van der Waals surface area contributed by atoms with Gasteiger partial charge in [-0.1, -0.05) is 5.10 Å². The van der Waals surface area contributed by atoms with Crippen LogP contribution in [-0.2, 0) is 0 Å². The largest absolute Gasteiger partial charge is 0.367 e. The first-order valence-corrected chi connectivity index (χ1v) is 2.06. The Morgan fingerprint density at radius 1 is 1.88 bits per heavy atom. The van der Waals surface area contributed by atoms with Crippen LogP contribution in [0.25, 0.3) is 0 Å². The molecule has 5 nitrogen and oxygen atoms in total. The molecule has 0 saturated carbocycles. The first-order valence-electron chi connectivity index (χ1n) is 1.65. The molecule has 0 aromatic carbocycles. The average Bonchev–Trinajstić information content (AvgIpc) is 1.67. The van der Waals surface area contributed by atoms with E-state index in [1.54, 1.807) is 0 Å². The molecule has 0 aromatic rings. The number of rotatable bonds is 1. The number of hydrogen-bond donors (Lipinski definition) is 3. The van der Waals surface area contributed by atoms with Crippen LogP contribution in [0.1, 0.15) is 0 Å². The van der Waals surface area contributed by atoms with Crippen molar-refractivity contribution in [3.8, 4) is 0 Å². The number of hydrogen-bond acceptors (Lipinski definition) is 4. The Balaban J connectivity index is 3.82. The van der Waals surface area contributed by atoms with Crippen LogP contribution in [0, 0.1) is 5.41 Å². The number of isothiocyanates is 1. The molecule has 44 valence electrons. The molecule has 0 fully saturated rings. The second-order valence-corrected chi connectivity index (χ2v) is 1.10. The summed E-state index contributed by atoms with van der Waals surface area (Å²) in [5.41, 5.74) is 4.83. The van der Waals surface area contributed by atoms with Gasteiger partial charge in [0.2, 0.25) is 5.96 Å². The summed E-state index contributed by atoms with van der Waals surface area (Å²) in [7, 11) is 0. The van der Waals surface area contributed by atoms with E-state index in [9.17, 15) is 0 Å². The van der Waals surface area contributed by atoms with Crippen molar-refractivity contribution in [1.82, 2.24) is 5.12 Å². The van der Waals surface area contributed by atoms with Crippen LogP contribution in [0.15, 0.2) is 5.10 Å². The van der Waals surface area contributed by atoms with Crippen molar-refractivity contribution in [1.29, 1.82) is 5.41 Å². The van der Waals surface area contributed by atoms with Crippen LogP contribution < -0.4 is 11.6 Å². The molecule has 0 aliphatic rings. The molecule has 0 rings (SSSR count). The third-order valence-corrected chi connectivity index (χ3v) is 0.477. The Labute approximate surface area is 51.4 Å². The smallest absolute Gasteiger partial charge is 0.225 e. The van der Waals surface area contributed by atoms with Crippen molar-refractivity contribution in [3.05, 3.63) is 0 Å². The van der Waals surface area contributed by atoms with Gasteiger partial charge in [-0.3, -0.25) is 5.41 Å². The molecule has 0 aliphatic heterocycles. The van der Waals surface area contributed by atoms with E-state index in [1.807, 2.05) is 5.16 Å². The van der Waals surface area contributed by atoms with Gasteiger partial charge in [0.05, 0.1) is 5.16 Å². The van der Waals surface area contributed by atoms with E-state index in [0.717, 1.165) is 0 Å². The number of hydrazone groups is 1. The van der Waals surface area contributed by atoms with Gasteiger partial charge in [0.25, 0.3) is 0 Å². The lowest BCUT2D eigenvalue weighted by atomic mass is 11.1. The van der Waals surface area contributed by atoms with E-state index < -0.39 is 0 Å². The summed E-state index contributed by atoms with van der Waals surface area (Å²) in [4.78, 5) is 0. The van der Waals surface area contributed by atoms with Gasteiger partial charge in [-0.05, 0) is 12.2 Å². The van der Waals surface area contributed by atoms with Crippen molar-refractivity contribution in [2.24, 2.45) is 16.7 Å². The monoisotopic (exact) mass is 131 g/mol. The number of guanidine groups is 1. The fourth-order valence-corrected chi connectivity index (χ4v) is 0.186. The average molecular weight is 131 g/mol. The third kappa shape index (κ3) is 2.25. The lowest BCUT2D eigenvalue weighted by Crippen LogP contribution is -2.37. The van der Waals surface area contributed by atoms with Gasteiger partial charge < -0.3 is 5.73 Å². The van der Waals surface area contributed by atoms with Crippen LogP contribution >= 0.6 is 12.2 Å². The highest BCUT2D eigenvalue weighted by molar-refractivity contribution is 7.78. The predicted octanol–water partition coefficient (Wildman–Crippen LogP) is -0.927. The zero-order valence-electron chi connectivity index (χ0n) is 3.96. The molecule has 0 radical (unpaired) electrons. The maximum absolute atomic E-state index is 6.60. The van der Waals surface area contributed by atoms with E-state index in [1.165, 1.54) is 0 Å². The van der Waals surface area contributed by atoms with E-state index in [2.05, 4.69) is 17.3 Å². The molecule has 0 atom stereocenters. The molecule has 5 N–H and O–H groups in total. The fraction of sp³-hybridized carbons (Fsp3) is 0. The van der Waals surface area contributed by atoms with Gasteiger partial charge in [-0.2, -0.15) is 5.12 Å². The second-order valence-electron chi connectivity index (χ2n) is 0.921. The molecule has 0 bridgehead atoms. The highest BCUT2D eigenvalue weighted by Gasteiger charge is 1.91. The van der Waals surface area contributed by atoms with Crippen LogP contribution in [0.3, 0.4) is 0 Å². The van der Waals surface area contributed by atoms with E-state index in [4.69, 9.17) is 17.0 Å². The summed E-state index contributed by atoms with van der Waals surface area (Å²) in [5, 5.41) is 12.3. The Morgan fingerprint density at radius 3 is 2.50 bits per heavy atom. The normalized spacial score (nSPS) is 7.12. The topological polar surface area (TPSA) is 91.5 Å². The molecule has 6 heteroatoms. The lowest BCUT2D eigenvalue weighted by Gasteiger charge is -2.03. The van der Waals surface area contributed by atoms with Gasteiger partial charge in [-0.15, -0.1) is 0 Å². The zero-order chi connectivity index (χ0) is 6.57. The SMILES string of the molecule is N=C(N)N(N)N=C=S. The number of nitrogens with one attached hydrogen (secondary N) is 1. The van der Waals surface area contributed by atoms with Crippen molar-refractivity contribution in [3.63, 3.8) is 0 Å². The summed E-state index contributed by atoms with van der Waals surface area (Å²) in [5.74, 6) is 4.54. The number of nitrogens with zero attached hydrogens (tertiary/aromatic N) is 2. The van der Waals surface area contributed by atoms with Crippen molar-refractivity contribution in [2.75, 3.05) is 0 Å². The maximum atomic E-state index is 6.60. The molecule has 8 heavy (non-hydrogen) atoms. The van der Waals surface area contributed by atoms with Gasteiger partial charge in [-0.25, -0.2) is 5.84 Å². The Morgan fingerprint density at radius 2 is 2.38 bits per heavy atom. The quantitative estimate of drug-likeness (QED) is 0.141. The van der Waals surface area contributed by atoms with Gasteiger partial charge in [0.15, 0.2) is 0 Å². The fourth-order valence-electron chi connectivity index (χ4n) is 0.0979. The van der Waals surface area contributed by atoms with Crippen LogP contribution in [0.5, 0.6) is 0 Å². The Hall–Kier alpha value is -0.970. The minimum Gasteiger partial charge on any atom is -0.367 e. The van der Waals surface area contributed by atoms with Crippen molar-refractivity contribution >= 4 is 23.3 Å². The molecule has 0 spiro atoms. The molecule has 0 aliphatic carbocycles. The minimum atomic E-state index is -0.373. The van der Waals surface area contributed by atoms with Gasteiger partial charge >= 0.3 is 0 Å². The van der Waals surface area contributed by atoms with Crippen LogP contribution in [0.2, 0.25) is 0 Å². The third-order valence-electron chi connectivity index (χ3n) is 0.395. The molecule has 0 unspecified atom stereocenters.